The van der Waals surface area contributed by atoms with Crippen molar-refractivity contribution in [1.29, 1.82) is 0 Å². The Morgan fingerprint density at radius 2 is 1.52 bits per heavy atom. The SMILES string of the molecule is COC1=N[C@H](CO[Si](c2ccccc2)(c2ccccc2)C(C)(C)C)CCC1. The Morgan fingerprint density at radius 1 is 0.963 bits per heavy atom. The quantitative estimate of drug-likeness (QED) is 0.728. The molecule has 3 nitrogen and oxygen atoms in total. The van der Waals surface area contributed by atoms with Crippen molar-refractivity contribution in [3.8, 4) is 0 Å². The predicted molar refractivity (Wildman–Crippen MR) is 116 cm³/mol. The molecule has 2 aromatic carbocycles. The number of rotatable bonds is 5. The summed E-state index contributed by atoms with van der Waals surface area (Å²) in [5, 5.41) is 2.63. The molecule has 144 valence electrons. The highest BCUT2D eigenvalue weighted by atomic mass is 28.4. The highest BCUT2D eigenvalue weighted by Crippen LogP contribution is 2.37. The molecule has 0 fully saturated rings. The number of benzene rings is 2. The first-order valence-electron chi connectivity index (χ1n) is 9.83. The van der Waals surface area contributed by atoms with Gasteiger partial charge in [0.05, 0.1) is 19.8 Å². The van der Waals surface area contributed by atoms with Crippen LogP contribution in [0.15, 0.2) is 65.7 Å². The Kier molecular flexibility index (Phi) is 6.17. The maximum absolute atomic E-state index is 6.97. The van der Waals surface area contributed by atoms with Gasteiger partial charge >= 0.3 is 0 Å². The standard InChI is InChI=1S/C23H31NO2Si/c1-23(2,3)27(20-13-7-5-8-14-20,21-15-9-6-10-16-21)26-18-19-12-11-17-22(24-19)25-4/h5-10,13-16,19H,11-12,17-18H2,1-4H3/t19-/m0/s1. The first kappa shape index (κ1) is 19.8. The lowest BCUT2D eigenvalue weighted by Crippen LogP contribution is -2.67. The smallest absolute Gasteiger partial charge is 0.261 e. The first-order chi connectivity index (χ1) is 13.0. The Hall–Kier alpha value is -1.91. The largest absolute Gasteiger partial charge is 0.484 e. The van der Waals surface area contributed by atoms with E-state index in [1.165, 1.54) is 10.4 Å². The topological polar surface area (TPSA) is 30.8 Å². The monoisotopic (exact) mass is 381 g/mol. The van der Waals surface area contributed by atoms with Crippen LogP contribution >= 0.6 is 0 Å². The molecule has 1 atom stereocenters. The fraction of sp³-hybridized carbons (Fsp3) is 0.435. The van der Waals surface area contributed by atoms with Gasteiger partial charge in [-0.05, 0) is 28.3 Å². The normalized spacial score (nSPS) is 18.1. The average molecular weight is 382 g/mol. The molecule has 0 spiro atoms. The molecule has 27 heavy (non-hydrogen) atoms. The summed E-state index contributed by atoms with van der Waals surface area (Å²) in [6.07, 6.45) is 3.11. The molecule has 0 amide bonds. The van der Waals surface area contributed by atoms with Crippen molar-refractivity contribution >= 4 is 24.6 Å². The summed E-state index contributed by atoms with van der Waals surface area (Å²) in [6.45, 7) is 7.57. The Balaban J connectivity index is 2.02. The lowest BCUT2D eigenvalue weighted by Gasteiger charge is -2.43. The number of ether oxygens (including phenoxy) is 1. The number of nitrogens with zero attached hydrogens (tertiary/aromatic N) is 1. The van der Waals surface area contributed by atoms with Crippen molar-refractivity contribution in [2.45, 2.75) is 51.1 Å². The van der Waals surface area contributed by atoms with E-state index in [9.17, 15) is 0 Å². The van der Waals surface area contributed by atoms with Crippen LogP contribution in [0.5, 0.6) is 0 Å². The van der Waals surface area contributed by atoms with Gasteiger partial charge < -0.3 is 9.16 Å². The summed E-state index contributed by atoms with van der Waals surface area (Å²) in [5.41, 5.74) is 0. The Bertz CT molecular complexity index is 713. The number of methoxy groups -OCH3 is 1. The lowest BCUT2D eigenvalue weighted by molar-refractivity contribution is 0.255. The van der Waals surface area contributed by atoms with Crippen LogP contribution in [0.3, 0.4) is 0 Å². The summed E-state index contributed by atoms with van der Waals surface area (Å²) < 4.78 is 12.4. The maximum Gasteiger partial charge on any atom is 0.261 e. The van der Waals surface area contributed by atoms with Crippen molar-refractivity contribution in [1.82, 2.24) is 0 Å². The van der Waals surface area contributed by atoms with Gasteiger partial charge in [-0.3, -0.25) is 0 Å². The predicted octanol–water partition coefficient (Wildman–Crippen LogP) is 4.16. The summed E-state index contributed by atoms with van der Waals surface area (Å²) in [7, 11) is -0.763. The molecule has 1 aliphatic rings. The van der Waals surface area contributed by atoms with Crippen molar-refractivity contribution in [3.05, 3.63) is 60.7 Å². The van der Waals surface area contributed by atoms with Crippen molar-refractivity contribution < 1.29 is 9.16 Å². The van der Waals surface area contributed by atoms with E-state index < -0.39 is 8.32 Å². The van der Waals surface area contributed by atoms with E-state index in [2.05, 4.69) is 81.4 Å². The molecular formula is C23H31NO2Si. The summed E-state index contributed by atoms with van der Waals surface area (Å²) in [4.78, 5) is 4.76. The van der Waals surface area contributed by atoms with Crippen LogP contribution in [0, 0.1) is 0 Å². The van der Waals surface area contributed by atoms with Crippen LogP contribution in [0.25, 0.3) is 0 Å². The van der Waals surface area contributed by atoms with Crippen LogP contribution in [-0.4, -0.2) is 34.0 Å². The Morgan fingerprint density at radius 3 is 2.00 bits per heavy atom. The molecule has 3 rings (SSSR count). The maximum atomic E-state index is 6.97. The van der Waals surface area contributed by atoms with Gasteiger partial charge in [-0.15, -0.1) is 0 Å². The highest BCUT2D eigenvalue weighted by molar-refractivity contribution is 6.99. The molecule has 0 saturated heterocycles. The van der Waals surface area contributed by atoms with Gasteiger partial charge in [0.25, 0.3) is 8.32 Å². The average Bonchev–Trinajstić information content (AvgIpc) is 2.69. The second-order valence-corrected chi connectivity index (χ2v) is 12.6. The molecule has 4 heteroatoms. The first-order valence-corrected chi connectivity index (χ1v) is 11.7. The third-order valence-corrected chi connectivity index (χ3v) is 10.4. The number of hydrogen-bond donors (Lipinski definition) is 0. The minimum absolute atomic E-state index is 0.00181. The third kappa shape index (κ3) is 4.17. The Labute approximate surface area is 164 Å². The van der Waals surface area contributed by atoms with Crippen molar-refractivity contribution in [2.24, 2.45) is 4.99 Å². The molecular weight excluding hydrogens is 350 g/mol. The fourth-order valence-corrected chi connectivity index (χ4v) is 8.68. The van der Waals surface area contributed by atoms with Gasteiger partial charge in [0, 0.05) is 6.42 Å². The molecule has 0 N–H and O–H groups in total. The molecule has 0 aromatic heterocycles. The number of hydrogen-bond acceptors (Lipinski definition) is 3. The second-order valence-electron chi connectivity index (χ2n) is 8.25. The van der Waals surface area contributed by atoms with Crippen molar-refractivity contribution in [2.75, 3.05) is 13.7 Å². The van der Waals surface area contributed by atoms with E-state index in [-0.39, 0.29) is 11.1 Å². The molecule has 1 heterocycles. The second kappa shape index (κ2) is 8.40. The van der Waals surface area contributed by atoms with Gasteiger partial charge in [-0.1, -0.05) is 81.4 Å². The van der Waals surface area contributed by atoms with E-state index in [1.54, 1.807) is 7.11 Å². The van der Waals surface area contributed by atoms with Gasteiger partial charge in [0.15, 0.2) is 5.90 Å². The van der Waals surface area contributed by atoms with Crippen LogP contribution < -0.4 is 10.4 Å². The molecule has 1 aliphatic heterocycles. The highest BCUT2D eigenvalue weighted by Gasteiger charge is 2.50. The zero-order valence-electron chi connectivity index (χ0n) is 16.9. The van der Waals surface area contributed by atoms with E-state index in [1.807, 2.05) is 0 Å². The third-order valence-electron chi connectivity index (χ3n) is 5.40. The van der Waals surface area contributed by atoms with Crippen LogP contribution in [0.1, 0.15) is 40.0 Å². The molecule has 2 aromatic rings. The zero-order valence-corrected chi connectivity index (χ0v) is 17.9. The summed E-state index contributed by atoms with van der Waals surface area (Å²) in [6, 6.07) is 21.7. The van der Waals surface area contributed by atoms with Gasteiger partial charge in [0.1, 0.15) is 0 Å². The number of aliphatic imine (C=N–C) groups is 1. The van der Waals surface area contributed by atoms with E-state index >= 15 is 0 Å². The van der Waals surface area contributed by atoms with Gasteiger partial charge in [-0.2, -0.15) is 0 Å². The fourth-order valence-electron chi connectivity index (χ4n) is 4.08. The molecule has 0 radical (unpaired) electrons. The summed E-state index contributed by atoms with van der Waals surface area (Å²) in [5.74, 6) is 0.859. The minimum atomic E-state index is -2.48. The van der Waals surface area contributed by atoms with E-state index in [4.69, 9.17) is 14.2 Å². The van der Waals surface area contributed by atoms with Gasteiger partial charge in [-0.25, -0.2) is 4.99 Å². The molecule has 0 bridgehead atoms. The van der Waals surface area contributed by atoms with Crippen LogP contribution in [-0.2, 0) is 9.16 Å². The molecule has 0 saturated carbocycles. The minimum Gasteiger partial charge on any atom is -0.484 e. The molecule has 0 aliphatic carbocycles. The van der Waals surface area contributed by atoms with Crippen LogP contribution in [0.4, 0.5) is 0 Å². The van der Waals surface area contributed by atoms with Gasteiger partial charge in [0.2, 0.25) is 0 Å². The van der Waals surface area contributed by atoms with Crippen LogP contribution in [0.2, 0.25) is 5.04 Å². The molecule has 0 unspecified atom stereocenters. The van der Waals surface area contributed by atoms with E-state index in [0.29, 0.717) is 6.61 Å². The van der Waals surface area contributed by atoms with Crippen molar-refractivity contribution in [3.63, 3.8) is 0 Å². The summed E-state index contributed by atoms with van der Waals surface area (Å²) >= 11 is 0. The lowest BCUT2D eigenvalue weighted by atomic mass is 10.1. The van der Waals surface area contributed by atoms with E-state index in [0.717, 1.165) is 25.2 Å². The zero-order chi connectivity index (χ0) is 19.3.